The molecule has 1 heterocycles. The number of H-pyrrole nitrogens is 1. The minimum absolute atomic E-state index is 0.214. The lowest BCUT2D eigenvalue weighted by atomic mass is 10.1. The minimum atomic E-state index is -0.214. The molecular weight excluding hydrogens is 181 g/mol. The first-order valence-corrected chi connectivity index (χ1v) is 4.48. The maximum absolute atomic E-state index is 13.0. The summed E-state index contributed by atoms with van der Waals surface area (Å²) in [6.07, 6.45) is 0. The van der Waals surface area contributed by atoms with Gasteiger partial charge in [-0.05, 0) is 25.1 Å². The molecule has 2 rings (SSSR count). The van der Waals surface area contributed by atoms with E-state index in [0.29, 0.717) is 6.61 Å². The van der Waals surface area contributed by atoms with E-state index in [1.807, 2.05) is 6.92 Å². The molecule has 0 atom stereocenters. The number of methoxy groups -OCH3 is 1. The monoisotopic (exact) mass is 193 g/mol. The first-order chi connectivity index (χ1) is 6.72. The highest BCUT2D eigenvalue weighted by Gasteiger charge is 2.08. The topological polar surface area (TPSA) is 25.0 Å². The van der Waals surface area contributed by atoms with Gasteiger partial charge in [-0.25, -0.2) is 4.39 Å². The molecule has 74 valence electrons. The van der Waals surface area contributed by atoms with Gasteiger partial charge in [0, 0.05) is 29.3 Å². The molecule has 0 aliphatic carbocycles. The second-order valence-electron chi connectivity index (χ2n) is 3.35. The van der Waals surface area contributed by atoms with Gasteiger partial charge in [0.1, 0.15) is 5.82 Å². The molecule has 1 N–H and O–H groups in total. The molecule has 0 unspecified atom stereocenters. The van der Waals surface area contributed by atoms with Gasteiger partial charge in [-0.2, -0.15) is 0 Å². The highest BCUT2D eigenvalue weighted by Crippen LogP contribution is 2.23. The Morgan fingerprint density at radius 3 is 2.93 bits per heavy atom. The molecule has 3 heteroatoms. The van der Waals surface area contributed by atoms with Crippen LogP contribution in [0.5, 0.6) is 0 Å². The van der Waals surface area contributed by atoms with Gasteiger partial charge in [0.25, 0.3) is 0 Å². The number of hydrogen-bond donors (Lipinski definition) is 1. The second-order valence-corrected chi connectivity index (χ2v) is 3.35. The molecule has 0 bridgehead atoms. The van der Waals surface area contributed by atoms with Crippen molar-refractivity contribution < 1.29 is 9.13 Å². The number of nitrogens with one attached hydrogen (secondary N) is 1. The van der Waals surface area contributed by atoms with Crippen LogP contribution in [0.4, 0.5) is 4.39 Å². The molecule has 14 heavy (non-hydrogen) atoms. The summed E-state index contributed by atoms with van der Waals surface area (Å²) in [5.74, 6) is -0.214. The molecule has 0 saturated heterocycles. The molecule has 2 nitrogen and oxygen atoms in total. The third-order valence-corrected chi connectivity index (χ3v) is 2.37. The van der Waals surface area contributed by atoms with Gasteiger partial charge in [0.05, 0.1) is 6.61 Å². The van der Waals surface area contributed by atoms with Crippen LogP contribution in [0.15, 0.2) is 18.2 Å². The first-order valence-electron chi connectivity index (χ1n) is 4.48. The van der Waals surface area contributed by atoms with E-state index in [1.165, 1.54) is 12.1 Å². The number of rotatable bonds is 2. The third kappa shape index (κ3) is 1.40. The lowest BCUT2D eigenvalue weighted by Crippen LogP contribution is -1.88. The van der Waals surface area contributed by atoms with Gasteiger partial charge in [-0.3, -0.25) is 0 Å². The van der Waals surface area contributed by atoms with Crippen LogP contribution in [-0.2, 0) is 11.3 Å². The van der Waals surface area contributed by atoms with E-state index in [-0.39, 0.29) is 5.82 Å². The molecule has 0 fully saturated rings. The molecule has 0 aliphatic rings. The summed E-state index contributed by atoms with van der Waals surface area (Å²) in [4.78, 5) is 3.19. The summed E-state index contributed by atoms with van der Waals surface area (Å²) in [5, 5.41) is 0.907. The van der Waals surface area contributed by atoms with Crippen molar-refractivity contribution in [2.24, 2.45) is 0 Å². The lowest BCUT2D eigenvalue weighted by molar-refractivity contribution is 0.185. The number of benzene rings is 1. The van der Waals surface area contributed by atoms with Crippen molar-refractivity contribution in [2.75, 3.05) is 7.11 Å². The second kappa shape index (κ2) is 3.42. The molecule has 2 aromatic rings. The van der Waals surface area contributed by atoms with Gasteiger partial charge in [0.2, 0.25) is 0 Å². The zero-order chi connectivity index (χ0) is 10.1. The number of ether oxygens (including phenoxy) is 1. The predicted molar refractivity (Wildman–Crippen MR) is 53.7 cm³/mol. The molecule has 1 aromatic heterocycles. The molecule has 0 radical (unpaired) electrons. The van der Waals surface area contributed by atoms with Crippen LogP contribution in [0.25, 0.3) is 10.9 Å². The van der Waals surface area contributed by atoms with Gasteiger partial charge in [-0.1, -0.05) is 0 Å². The van der Waals surface area contributed by atoms with Crippen molar-refractivity contribution in [3.63, 3.8) is 0 Å². The van der Waals surface area contributed by atoms with Crippen LogP contribution >= 0.6 is 0 Å². The smallest absolute Gasteiger partial charge is 0.123 e. The normalized spacial score (nSPS) is 11.1. The molecule has 0 saturated carbocycles. The van der Waals surface area contributed by atoms with Crippen LogP contribution in [0.1, 0.15) is 11.3 Å². The van der Waals surface area contributed by atoms with Gasteiger partial charge >= 0.3 is 0 Å². The Labute approximate surface area is 81.7 Å². The van der Waals surface area contributed by atoms with Crippen molar-refractivity contribution >= 4 is 10.9 Å². The lowest BCUT2D eigenvalue weighted by Gasteiger charge is -1.98. The molecule has 1 aromatic carbocycles. The van der Waals surface area contributed by atoms with E-state index in [9.17, 15) is 4.39 Å². The summed E-state index contributed by atoms with van der Waals surface area (Å²) in [6.45, 7) is 2.47. The van der Waals surface area contributed by atoms with Crippen molar-refractivity contribution in [1.29, 1.82) is 0 Å². The van der Waals surface area contributed by atoms with Crippen LogP contribution in [0.2, 0.25) is 0 Å². The average molecular weight is 193 g/mol. The highest BCUT2D eigenvalue weighted by molar-refractivity contribution is 5.84. The van der Waals surface area contributed by atoms with E-state index in [4.69, 9.17) is 4.74 Å². The van der Waals surface area contributed by atoms with Gasteiger partial charge in [0.15, 0.2) is 0 Å². The SMILES string of the molecule is COCc1c(C)[nH]c2ccc(F)cc12. The van der Waals surface area contributed by atoms with E-state index < -0.39 is 0 Å². The molecule has 0 amide bonds. The van der Waals surface area contributed by atoms with E-state index in [2.05, 4.69) is 4.98 Å². The summed E-state index contributed by atoms with van der Waals surface area (Å²) in [6, 6.07) is 4.73. The van der Waals surface area contributed by atoms with Crippen LogP contribution < -0.4 is 0 Å². The van der Waals surface area contributed by atoms with E-state index >= 15 is 0 Å². The number of aromatic nitrogens is 1. The Morgan fingerprint density at radius 2 is 2.21 bits per heavy atom. The maximum Gasteiger partial charge on any atom is 0.123 e. The number of aryl methyl sites for hydroxylation is 1. The zero-order valence-corrected chi connectivity index (χ0v) is 8.23. The summed E-state index contributed by atoms with van der Waals surface area (Å²) >= 11 is 0. The summed E-state index contributed by atoms with van der Waals surface area (Å²) in [5.41, 5.74) is 3.02. The Kier molecular flexibility index (Phi) is 2.25. The quantitative estimate of drug-likeness (QED) is 0.779. The Morgan fingerprint density at radius 1 is 1.43 bits per heavy atom. The van der Waals surface area contributed by atoms with Crippen molar-refractivity contribution in [3.8, 4) is 0 Å². The summed E-state index contributed by atoms with van der Waals surface area (Å²) < 4.78 is 18.1. The largest absolute Gasteiger partial charge is 0.380 e. The fourth-order valence-corrected chi connectivity index (χ4v) is 1.68. The standard InChI is InChI=1S/C11H12FNO/c1-7-10(6-14-2)9-5-8(12)3-4-11(9)13-7/h3-5,13H,6H2,1-2H3. The number of halogens is 1. The molecule has 0 aliphatic heterocycles. The van der Waals surface area contributed by atoms with Crippen LogP contribution in [0, 0.1) is 12.7 Å². The van der Waals surface area contributed by atoms with E-state index in [1.54, 1.807) is 13.2 Å². The molecular formula is C11H12FNO. The highest BCUT2D eigenvalue weighted by atomic mass is 19.1. The third-order valence-electron chi connectivity index (χ3n) is 2.37. The maximum atomic E-state index is 13.0. The Hall–Kier alpha value is -1.35. The first kappa shape index (κ1) is 9.21. The van der Waals surface area contributed by atoms with Crippen molar-refractivity contribution in [1.82, 2.24) is 4.98 Å². The van der Waals surface area contributed by atoms with Crippen LogP contribution in [0.3, 0.4) is 0 Å². The van der Waals surface area contributed by atoms with Gasteiger partial charge < -0.3 is 9.72 Å². The van der Waals surface area contributed by atoms with Gasteiger partial charge in [-0.15, -0.1) is 0 Å². The zero-order valence-electron chi connectivity index (χ0n) is 8.23. The Balaban J connectivity index is 2.66. The molecule has 0 spiro atoms. The Bertz CT molecular complexity index is 462. The summed E-state index contributed by atoms with van der Waals surface area (Å²) in [7, 11) is 1.64. The number of hydrogen-bond acceptors (Lipinski definition) is 1. The number of aromatic amines is 1. The average Bonchev–Trinajstić information content (AvgIpc) is 2.45. The van der Waals surface area contributed by atoms with Crippen LogP contribution in [-0.4, -0.2) is 12.1 Å². The minimum Gasteiger partial charge on any atom is -0.380 e. The number of fused-ring (bicyclic) bond motifs is 1. The predicted octanol–water partition coefficient (Wildman–Crippen LogP) is 2.76. The fourth-order valence-electron chi connectivity index (χ4n) is 1.68. The fraction of sp³-hybridized carbons (Fsp3) is 0.273. The van der Waals surface area contributed by atoms with Crippen molar-refractivity contribution in [2.45, 2.75) is 13.5 Å². The van der Waals surface area contributed by atoms with Crippen molar-refractivity contribution in [3.05, 3.63) is 35.3 Å². The van der Waals surface area contributed by atoms with E-state index in [0.717, 1.165) is 22.2 Å².